The fourth-order valence-electron chi connectivity index (χ4n) is 2.67. The zero-order valence-electron chi connectivity index (χ0n) is 17.1. The first-order valence-corrected chi connectivity index (χ1v) is 9.21. The zero-order chi connectivity index (χ0) is 23.1. The van der Waals surface area contributed by atoms with Crippen molar-refractivity contribution in [1.82, 2.24) is 9.97 Å². The molecule has 0 atom stereocenters. The number of methoxy groups -OCH3 is 1. The van der Waals surface area contributed by atoms with E-state index in [4.69, 9.17) is 9.84 Å². The number of hydrogen-bond acceptors (Lipinski definition) is 4. The van der Waals surface area contributed by atoms with Crippen molar-refractivity contribution in [3.8, 4) is 28.3 Å². The average Bonchev–Trinajstić information content (AvgIpc) is 2.79. The third-order valence-corrected chi connectivity index (χ3v) is 4.20. The van der Waals surface area contributed by atoms with E-state index in [9.17, 15) is 17.6 Å². The minimum atomic E-state index is -0.720. The molecule has 0 aliphatic carbocycles. The van der Waals surface area contributed by atoms with Crippen LogP contribution in [0.15, 0.2) is 60.9 Å². The number of halogens is 4. The standard InChI is InChI=1S/2C12H8F2NO.Pt/c1-16-9-4-5-15-12(7-9)10-3-2-8(13)6-11(10)14;13-9-1-2-10(11(14)6-9)12-5-8(7-16)3-4-15-12;/h2,4-7H,1H3;1,3-6,16H,7H2;/q2*-1;+2. The molecule has 0 radical (unpaired) electrons. The summed E-state index contributed by atoms with van der Waals surface area (Å²) in [7, 11) is 1.50. The third kappa shape index (κ3) is 6.94. The summed E-state index contributed by atoms with van der Waals surface area (Å²) in [6.07, 6.45) is 2.95. The van der Waals surface area contributed by atoms with Gasteiger partial charge in [0.1, 0.15) is 5.75 Å². The van der Waals surface area contributed by atoms with E-state index in [2.05, 4.69) is 22.1 Å². The Labute approximate surface area is 202 Å². The fourth-order valence-corrected chi connectivity index (χ4v) is 2.67. The minimum absolute atomic E-state index is 0. The van der Waals surface area contributed by atoms with E-state index in [-0.39, 0.29) is 38.8 Å². The summed E-state index contributed by atoms with van der Waals surface area (Å²) in [6, 6.07) is 15.0. The summed E-state index contributed by atoms with van der Waals surface area (Å²) < 4.78 is 57.2. The molecule has 4 nitrogen and oxygen atoms in total. The Hall–Kier alpha value is -3.09. The molecule has 0 spiro atoms. The smallest absolute Gasteiger partial charge is 0.497 e. The monoisotopic (exact) mass is 635 g/mol. The molecule has 9 heteroatoms. The van der Waals surface area contributed by atoms with Gasteiger partial charge in [-0.1, -0.05) is 29.3 Å². The summed E-state index contributed by atoms with van der Waals surface area (Å²) in [6.45, 7) is -0.154. The molecule has 0 amide bonds. The second-order valence-electron chi connectivity index (χ2n) is 6.37. The number of nitrogens with zero attached hydrogens (tertiary/aromatic N) is 2. The van der Waals surface area contributed by atoms with Gasteiger partial charge < -0.3 is 19.8 Å². The summed E-state index contributed by atoms with van der Waals surface area (Å²) in [4.78, 5) is 7.92. The van der Waals surface area contributed by atoms with Gasteiger partial charge in [0.15, 0.2) is 0 Å². The van der Waals surface area contributed by atoms with Crippen LogP contribution in [0, 0.1) is 35.4 Å². The van der Waals surface area contributed by atoms with Crippen molar-refractivity contribution in [1.29, 1.82) is 0 Å². The molecule has 0 saturated heterocycles. The van der Waals surface area contributed by atoms with Crippen LogP contribution < -0.4 is 4.74 Å². The summed E-state index contributed by atoms with van der Waals surface area (Å²) in [5.41, 5.74) is 1.51. The Morgan fingerprint density at radius 1 is 0.818 bits per heavy atom. The summed E-state index contributed by atoms with van der Waals surface area (Å²) in [5.74, 6) is -2.20. The number of hydrogen-bond donors (Lipinski definition) is 1. The molecule has 33 heavy (non-hydrogen) atoms. The maximum Gasteiger partial charge on any atom is 2.00 e. The number of benzene rings is 2. The second kappa shape index (κ2) is 12.2. The van der Waals surface area contributed by atoms with Crippen molar-refractivity contribution in [2.45, 2.75) is 6.61 Å². The number of aliphatic hydroxyl groups excluding tert-OH is 1. The van der Waals surface area contributed by atoms with Crippen molar-refractivity contribution in [2.75, 3.05) is 7.11 Å². The molecule has 4 rings (SSSR count). The van der Waals surface area contributed by atoms with Crippen LogP contribution in [0.3, 0.4) is 0 Å². The maximum absolute atomic E-state index is 13.4. The number of pyridine rings is 2. The van der Waals surface area contributed by atoms with E-state index in [1.807, 2.05) is 0 Å². The SMILES string of the molecule is COc1ccnc(-c2[c-]cc(F)cc2F)c1.OCc1ccnc(-c2[c-]cc(F)cc2F)c1.[Pt+2]. The average molecular weight is 635 g/mol. The first-order chi connectivity index (χ1) is 15.4. The van der Waals surface area contributed by atoms with Crippen molar-refractivity contribution in [3.05, 3.63) is 102 Å². The van der Waals surface area contributed by atoms with Gasteiger partial charge >= 0.3 is 21.1 Å². The molecule has 2 aromatic carbocycles. The van der Waals surface area contributed by atoms with Crippen LogP contribution in [0.1, 0.15) is 5.56 Å². The number of ether oxygens (including phenoxy) is 1. The van der Waals surface area contributed by atoms with Gasteiger partial charge in [0.25, 0.3) is 0 Å². The number of aromatic nitrogens is 2. The quantitative estimate of drug-likeness (QED) is 0.249. The topological polar surface area (TPSA) is 55.2 Å². The van der Waals surface area contributed by atoms with Gasteiger partial charge in [-0.3, -0.25) is 17.6 Å². The van der Waals surface area contributed by atoms with Gasteiger partial charge in [-0.05, 0) is 35.2 Å². The van der Waals surface area contributed by atoms with E-state index < -0.39 is 23.3 Å². The van der Waals surface area contributed by atoms with Crippen LogP contribution in [-0.4, -0.2) is 22.2 Å². The Bertz CT molecular complexity index is 1130. The van der Waals surface area contributed by atoms with Gasteiger partial charge in [-0.15, -0.1) is 24.3 Å². The van der Waals surface area contributed by atoms with E-state index >= 15 is 0 Å². The van der Waals surface area contributed by atoms with Crippen molar-refractivity contribution >= 4 is 0 Å². The molecule has 0 fully saturated rings. The van der Waals surface area contributed by atoms with Crippen LogP contribution in [0.2, 0.25) is 0 Å². The first kappa shape index (κ1) is 26.2. The van der Waals surface area contributed by atoms with Crippen LogP contribution in [0.25, 0.3) is 22.5 Å². The van der Waals surface area contributed by atoms with Crippen LogP contribution in [0.5, 0.6) is 5.75 Å². The molecule has 0 aliphatic rings. The normalized spacial score (nSPS) is 10.0. The van der Waals surface area contributed by atoms with Gasteiger partial charge in [0.05, 0.1) is 13.7 Å². The molecular weight excluding hydrogens is 619 g/mol. The molecular formula is C24H16F4N2O2Pt. The van der Waals surface area contributed by atoms with Crippen LogP contribution in [-0.2, 0) is 27.7 Å². The van der Waals surface area contributed by atoms with Gasteiger partial charge in [0.2, 0.25) is 0 Å². The van der Waals surface area contributed by atoms with Crippen LogP contribution in [0.4, 0.5) is 17.6 Å². The maximum atomic E-state index is 13.4. The largest absolute Gasteiger partial charge is 2.00 e. The van der Waals surface area contributed by atoms with Gasteiger partial charge in [-0.25, -0.2) is 0 Å². The molecule has 0 bridgehead atoms. The first-order valence-electron chi connectivity index (χ1n) is 9.21. The van der Waals surface area contributed by atoms with E-state index in [0.717, 1.165) is 24.3 Å². The van der Waals surface area contributed by atoms with Gasteiger partial charge in [-0.2, -0.15) is 0 Å². The molecule has 1 N–H and O–H groups in total. The predicted octanol–water partition coefficient (Wildman–Crippen LogP) is 5.15. The Kier molecular flexibility index (Phi) is 9.70. The van der Waals surface area contributed by atoms with E-state index in [1.165, 1.54) is 25.6 Å². The predicted molar refractivity (Wildman–Crippen MR) is 109 cm³/mol. The third-order valence-electron chi connectivity index (χ3n) is 4.20. The minimum Gasteiger partial charge on any atom is -0.497 e. The van der Waals surface area contributed by atoms with E-state index in [1.54, 1.807) is 18.2 Å². The number of rotatable bonds is 4. The molecule has 2 aromatic heterocycles. The van der Waals surface area contributed by atoms with Crippen molar-refractivity contribution < 1.29 is 48.5 Å². The zero-order valence-corrected chi connectivity index (χ0v) is 19.3. The molecule has 4 aromatic rings. The van der Waals surface area contributed by atoms with Crippen LogP contribution >= 0.6 is 0 Å². The summed E-state index contributed by atoms with van der Waals surface area (Å²) >= 11 is 0. The molecule has 2 heterocycles. The number of aliphatic hydroxyl groups is 1. The second-order valence-corrected chi connectivity index (χ2v) is 6.37. The Morgan fingerprint density at radius 3 is 1.82 bits per heavy atom. The van der Waals surface area contributed by atoms with E-state index in [0.29, 0.717) is 22.7 Å². The molecule has 0 saturated carbocycles. The van der Waals surface area contributed by atoms with Crippen molar-refractivity contribution in [3.63, 3.8) is 0 Å². The summed E-state index contributed by atoms with van der Waals surface area (Å²) in [5, 5.41) is 8.93. The molecule has 0 unspecified atom stereocenters. The fraction of sp³-hybridized carbons (Fsp3) is 0.0833. The van der Waals surface area contributed by atoms with Gasteiger partial charge in [0, 0.05) is 35.7 Å². The van der Waals surface area contributed by atoms with Crippen molar-refractivity contribution in [2.24, 2.45) is 0 Å². The molecule has 172 valence electrons. The Morgan fingerprint density at radius 2 is 1.33 bits per heavy atom. The molecule has 0 aliphatic heterocycles. The Balaban J connectivity index is 0.000000227.